The van der Waals surface area contributed by atoms with E-state index in [0.29, 0.717) is 5.56 Å². The predicted molar refractivity (Wildman–Crippen MR) is 79.8 cm³/mol. The number of carbonyl (C=O) groups is 1. The number of hydrogen-bond donors (Lipinski definition) is 1. The van der Waals surface area contributed by atoms with Gasteiger partial charge in [-0.1, -0.05) is 32.9 Å². The van der Waals surface area contributed by atoms with Gasteiger partial charge in [-0.2, -0.15) is 0 Å². The Kier molecular flexibility index (Phi) is 5.17. The second kappa shape index (κ2) is 6.15. The van der Waals surface area contributed by atoms with Gasteiger partial charge in [0.2, 0.25) is 0 Å². The fourth-order valence-corrected chi connectivity index (χ4v) is 2.96. The summed E-state index contributed by atoms with van der Waals surface area (Å²) in [5.41, 5.74) is -0.995. The predicted octanol–water partition coefficient (Wildman–Crippen LogP) is 1.75. The third-order valence-electron chi connectivity index (χ3n) is 3.86. The number of benzene rings is 1. The second-order valence-electron chi connectivity index (χ2n) is 5.53. The van der Waals surface area contributed by atoms with E-state index < -0.39 is 27.3 Å². The molecule has 0 radical (unpaired) electrons. The number of sulfone groups is 1. The highest BCUT2D eigenvalue weighted by molar-refractivity contribution is 7.90. The highest BCUT2D eigenvalue weighted by atomic mass is 32.2. The van der Waals surface area contributed by atoms with Gasteiger partial charge in [0.15, 0.2) is 15.4 Å². The van der Waals surface area contributed by atoms with Gasteiger partial charge in [-0.05, 0) is 23.6 Å². The first-order valence-corrected chi connectivity index (χ1v) is 8.55. The van der Waals surface area contributed by atoms with Crippen LogP contribution >= 0.6 is 0 Å². The van der Waals surface area contributed by atoms with Gasteiger partial charge in [-0.15, -0.1) is 0 Å². The lowest BCUT2D eigenvalue weighted by atomic mass is 9.76. The number of hydrogen-bond acceptors (Lipinski definition) is 5. The lowest BCUT2D eigenvalue weighted by molar-refractivity contribution is -0.170. The van der Waals surface area contributed by atoms with E-state index in [4.69, 9.17) is 4.74 Å². The Labute approximate surface area is 125 Å². The topological polar surface area (TPSA) is 80.7 Å². The quantitative estimate of drug-likeness (QED) is 0.838. The Balaban J connectivity index is 3.23. The average Bonchev–Trinajstić information content (AvgIpc) is 2.43. The van der Waals surface area contributed by atoms with Crippen LogP contribution in [0.5, 0.6) is 0 Å². The van der Waals surface area contributed by atoms with Gasteiger partial charge < -0.3 is 9.84 Å². The zero-order chi connectivity index (χ0) is 16.4. The first kappa shape index (κ1) is 17.7. The van der Waals surface area contributed by atoms with Gasteiger partial charge in [0.05, 0.1) is 12.0 Å². The molecule has 0 aliphatic carbocycles. The normalized spacial score (nSPS) is 16.3. The molecule has 1 aromatic carbocycles. The van der Waals surface area contributed by atoms with E-state index in [2.05, 4.69) is 0 Å². The number of ether oxygens (including phenoxy) is 1. The summed E-state index contributed by atoms with van der Waals surface area (Å²) in [6.07, 6.45) is 1.13. The van der Waals surface area contributed by atoms with E-state index >= 15 is 0 Å². The maximum absolute atomic E-state index is 11.9. The van der Waals surface area contributed by atoms with Gasteiger partial charge in [-0.25, -0.2) is 13.2 Å². The molecule has 0 saturated carbocycles. The van der Waals surface area contributed by atoms with Crippen LogP contribution in [-0.2, 0) is 19.4 Å². The van der Waals surface area contributed by atoms with Crippen LogP contribution in [0.2, 0.25) is 0 Å². The third kappa shape index (κ3) is 3.44. The van der Waals surface area contributed by atoms with Crippen molar-refractivity contribution in [3.63, 3.8) is 0 Å². The summed E-state index contributed by atoms with van der Waals surface area (Å²) >= 11 is 0. The molecule has 0 aliphatic heterocycles. The molecule has 1 N–H and O–H groups in total. The molecule has 0 aromatic heterocycles. The summed E-state index contributed by atoms with van der Waals surface area (Å²) in [4.78, 5) is 12.1. The molecule has 21 heavy (non-hydrogen) atoms. The maximum Gasteiger partial charge on any atom is 0.338 e. The van der Waals surface area contributed by atoms with Crippen LogP contribution < -0.4 is 0 Å². The first-order chi connectivity index (χ1) is 9.55. The van der Waals surface area contributed by atoms with Crippen molar-refractivity contribution in [2.75, 3.05) is 13.4 Å². The maximum atomic E-state index is 11.9. The number of esters is 1. The molecule has 0 saturated heterocycles. The molecular formula is C15H22O5S. The van der Waals surface area contributed by atoms with E-state index in [1.807, 2.05) is 0 Å². The zero-order valence-electron chi connectivity index (χ0n) is 13.0. The van der Waals surface area contributed by atoms with Crippen molar-refractivity contribution in [2.45, 2.75) is 37.2 Å². The summed E-state index contributed by atoms with van der Waals surface area (Å²) in [6, 6.07) is 6.16. The Morgan fingerprint density at radius 1 is 1.19 bits per heavy atom. The van der Waals surface area contributed by atoms with Gasteiger partial charge in [0, 0.05) is 12.2 Å². The molecule has 2 unspecified atom stereocenters. The van der Waals surface area contributed by atoms with Gasteiger partial charge in [0.1, 0.15) is 0 Å². The van der Waals surface area contributed by atoms with Crippen molar-refractivity contribution in [2.24, 2.45) is 5.92 Å². The van der Waals surface area contributed by atoms with E-state index in [1.165, 1.54) is 19.2 Å². The molecule has 0 amide bonds. The second-order valence-corrected chi connectivity index (χ2v) is 7.55. The van der Waals surface area contributed by atoms with Crippen molar-refractivity contribution >= 4 is 15.8 Å². The van der Waals surface area contributed by atoms with Crippen molar-refractivity contribution in [1.82, 2.24) is 0 Å². The summed E-state index contributed by atoms with van der Waals surface area (Å²) < 4.78 is 27.6. The number of rotatable bonds is 5. The lowest BCUT2D eigenvalue weighted by Crippen LogP contribution is -2.49. The standard InChI is InChI=1S/C15H22O5S/c1-10(2)15(17,14(16)20-4)11(3)12-6-8-13(9-7-12)21(5,18)19/h6-11,17H,1-5H3. The number of aliphatic hydroxyl groups is 1. The van der Waals surface area contributed by atoms with Crippen LogP contribution in [-0.4, -0.2) is 38.5 Å². The summed E-state index contributed by atoms with van der Waals surface area (Å²) in [5.74, 6) is -1.58. The van der Waals surface area contributed by atoms with Crippen LogP contribution in [0.4, 0.5) is 0 Å². The minimum absolute atomic E-state index is 0.199. The van der Waals surface area contributed by atoms with E-state index in [9.17, 15) is 18.3 Å². The minimum atomic E-state index is -3.27. The van der Waals surface area contributed by atoms with Gasteiger partial charge >= 0.3 is 5.97 Å². The number of carbonyl (C=O) groups excluding carboxylic acids is 1. The smallest absolute Gasteiger partial charge is 0.338 e. The Morgan fingerprint density at radius 3 is 2.00 bits per heavy atom. The van der Waals surface area contributed by atoms with E-state index in [-0.39, 0.29) is 10.8 Å². The van der Waals surface area contributed by atoms with Crippen molar-refractivity contribution in [1.29, 1.82) is 0 Å². The molecule has 0 heterocycles. The van der Waals surface area contributed by atoms with Crippen molar-refractivity contribution in [3.05, 3.63) is 29.8 Å². The van der Waals surface area contributed by atoms with Crippen molar-refractivity contribution < 1.29 is 23.1 Å². The fraction of sp³-hybridized carbons (Fsp3) is 0.533. The van der Waals surface area contributed by atoms with E-state index in [1.54, 1.807) is 32.9 Å². The van der Waals surface area contributed by atoms with Crippen LogP contribution in [0.1, 0.15) is 32.3 Å². The summed E-state index contributed by atoms with van der Waals surface area (Å²) in [7, 11) is -2.04. The average molecular weight is 314 g/mol. The molecule has 0 spiro atoms. The Bertz CT molecular complexity index is 603. The zero-order valence-corrected chi connectivity index (χ0v) is 13.8. The van der Waals surface area contributed by atoms with E-state index in [0.717, 1.165) is 6.26 Å². The van der Waals surface area contributed by atoms with Gasteiger partial charge in [-0.3, -0.25) is 0 Å². The van der Waals surface area contributed by atoms with Gasteiger partial charge in [0.25, 0.3) is 0 Å². The third-order valence-corrected chi connectivity index (χ3v) is 4.99. The molecule has 6 heteroatoms. The first-order valence-electron chi connectivity index (χ1n) is 6.66. The minimum Gasteiger partial charge on any atom is -0.467 e. The van der Waals surface area contributed by atoms with Crippen LogP contribution in [0, 0.1) is 5.92 Å². The lowest BCUT2D eigenvalue weighted by Gasteiger charge is -2.35. The molecule has 118 valence electrons. The monoisotopic (exact) mass is 314 g/mol. The molecule has 5 nitrogen and oxygen atoms in total. The summed E-state index contributed by atoms with van der Waals surface area (Å²) in [6.45, 7) is 5.18. The largest absolute Gasteiger partial charge is 0.467 e. The molecule has 0 bridgehead atoms. The van der Waals surface area contributed by atoms with Crippen LogP contribution in [0.15, 0.2) is 29.2 Å². The Hall–Kier alpha value is -1.40. The Morgan fingerprint density at radius 2 is 1.67 bits per heavy atom. The molecule has 1 rings (SSSR count). The van der Waals surface area contributed by atoms with Crippen LogP contribution in [0.25, 0.3) is 0 Å². The molecule has 0 aliphatic rings. The molecule has 2 atom stereocenters. The molecular weight excluding hydrogens is 292 g/mol. The molecule has 0 fully saturated rings. The highest BCUT2D eigenvalue weighted by Crippen LogP contribution is 2.35. The number of methoxy groups -OCH3 is 1. The molecule has 1 aromatic rings. The highest BCUT2D eigenvalue weighted by Gasteiger charge is 2.46. The SMILES string of the molecule is COC(=O)C(O)(C(C)C)C(C)c1ccc(S(C)(=O)=O)cc1. The van der Waals surface area contributed by atoms with Crippen molar-refractivity contribution in [3.8, 4) is 0 Å². The summed E-state index contributed by atoms with van der Waals surface area (Å²) in [5, 5.41) is 10.7. The van der Waals surface area contributed by atoms with Crippen LogP contribution in [0.3, 0.4) is 0 Å². The fourth-order valence-electron chi connectivity index (χ4n) is 2.33.